The van der Waals surface area contributed by atoms with E-state index in [0.717, 1.165) is 11.1 Å². The molecule has 6 heteroatoms. The Hall–Kier alpha value is -2.66. The van der Waals surface area contributed by atoms with Crippen molar-refractivity contribution in [3.05, 3.63) is 83.7 Å². The van der Waals surface area contributed by atoms with Crippen molar-refractivity contribution in [2.75, 3.05) is 7.05 Å². The van der Waals surface area contributed by atoms with Gasteiger partial charge in [-0.3, -0.25) is 9.78 Å². The van der Waals surface area contributed by atoms with Gasteiger partial charge >= 0.3 is 0 Å². The molecule has 0 aliphatic heterocycles. The first-order valence-corrected chi connectivity index (χ1v) is 7.90. The van der Waals surface area contributed by atoms with Crippen molar-refractivity contribution < 1.29 is 4.79 Å². The topological polar surface area (TPSA) is 51.0 Å². The Bertz CT molecular complexity index is 788. The SMILES string of the molecule is CN(C(=O)Cn1ccnc1)C(c1ccc(Cl)cc1)c1cccnc1. The second-order valence-corrected chi connectivity index (χ2v) is 5.92. The van der Waals surface area contributed by atoms with E-state index in [0.29, 0.717) is 5.02 Å². The van der Waals surface area contributed by atoms with E-state index in [-0.39, 0.29) is 18.5 Å². The van der Waals surface area contributed by atoms with Crippen LogP contribution in [-0.2, 0) is 11.3 Å². The van der Waals surface area contributed by atoms with E-state index in [2.05, 4.69) is 9.97 Å². The lowest BCUT2D eigenvalue weighted by molar-refractivity contribution is -0.132. The van der Waals surface area contributed by atoms with Crippen LogP contribution in [0.4, 0.5) is 0 Å². The molecule has 5 nitrogen and oxygen atoms in total. The molecule has 0 saturated heterocycles. The molecule has 0 saturated carbocycles. The Balaban J connectivity index is 1.91. The lowest BCUT2D eigenvalue weighted by Crippen LogP contribution is -2.34. The fourth-order valence-corrected chi connectivity index (χ4v) is 2.74. The quantitative estimate of drug-likeness (QED) is 0.716. The molecule has 2 heterocycles. The van der Waals surface area contributed by atoms with E-state index in [4.69, 9.17) is 11.6 Å². The average molecular weight is 341 g/mol. The van der Waals surface area contributed by atoms with Gasteiger partial charge in [0, 0.05) is 36.9 Å². The number of benzene rings is 1. The minimum absolute atomic E-state index is 0.0168. The van der Waals surface area contributed by atoms with Crippen molar-refractivity contribution in [3.8, 4) is 0 Å². The molecular formula is C18H17ClN4O. The van der Waals surface area contributed by atoms with Gasteiger partial charge in [-0.2, -0.15) is 0 Å². The number of halogens is 1. The van der Waals surface area contributed by atoms with Gasteiger partial charge < -0.3 is 9.47 Å². The summed E-state index contributed by atoms with van der Waals surface area (Å²) in [5, 5.41) is 0.663. The van der Waals surface area contributed by atoms with Crippen molar-refractivity contribution in [2.45, 2.75) is 12.6 Å². The molecule has 0 N–H and O–H groups in total. The monoisotopic (exact) mass is 340 g/mol. The summed E-state index contributed by atoms with van der Waals surface area (Å²) in [6.07, 6.45) is 8.56. The van der Waals surface area contributed by atoms with Gasteiger partial charge in [0.15, 0.2) is 0 Å². The number of nitrogens with zero attached hydrogens (tertiary/aromatic N) is 4. The summed E-state index contributed by atoms with van der Waals surface area (Å²) in [5.41, 5.74) is 1.93. The van der Waals surface area contributed by atoms with Crippen LogP contribution in [0.3, 0.4) is 0 Å². The van der Waals surface area contributed by atoms with Crippen LogP contribution in [-0.4, -0.2) is 32.4 Å². The highest BCUT2D eigenvalue weighted by atomic mass is 35.5. The van der Waals surface area contributed by atoms with Crippen molar-refractivity contribution >= 4 is 17.5 Å². The molecule has 1 unspecified atom stereocenters. The van der Waals surface area contributed by atoms with Crippen LogP contribution >= 0.6 is 11.6 Å². The van der Waals surface area contributed by atoms with Crippen molar-refractivity contribution in [1.82, 2.24) is 19.4 Å². The summed E-state index contributed by atoms with van der Waals surface area (Å²) < 4.78 is 1.75. The van der Waals surface area contributed by atoms with Crippen molar-refractivity contribution in [1.29, 1.82) is 0 Å². The Morgan fingerprint density at radius 2 is 1.96 bits per heavy atom. The van der Waals surface area contributed by atoms with Crippen LogP contribution in [0.25, 0.3) is 0 Å². The molecule has 24 heavy (non-hydrogen) atoms. The average Bonchev–Trinajstić information content (AvgIpc) is 3.10. The normalized spacial score (nSPS) is 11.9. The largest absolute Gasteiger partial charge is 0.333 e. The maximum Gasteiger partial charge on any atom is 0.243 e. The minimum atomic E-state index is -0.230. The number of hydrogen-bond donors (Lipinski definition) is 0. The van der Waals surface area contributed by atoms with E-state index >= 15 is 0 Å². The van der Waals surface area contributed by atoms with Gasteiger partial charge in [-0.25, -0.2) is 4.98 Å². The predicted molar refractivity (Wildman–Crippen MR) is 92.5 cm³/mol. The number of likely N-dealkylation sites (N-methyl/N-ethyl adjacent to an activating group) is 1. The molecule has 0 bridgehead atoms. The van der Waals surface area contributed by atoms with E-state index in [1.807, 2.05) is 36.4 Å². The van der Waals surface area contributed by atoms with Gasteiger partial charge in [-0.05, 0) is 29.3 Å². The molecule has 0 spiro atoms. The smallest absolute Gasteiger partial charge is 0.243 e. The summed E-state index contributed by atoms with van der Waals surface area (Å²) in [5.74, 6) is -0.0168. The summed E-state index contributed by atoms with van der Waals surface area (Å²) in [6.45, 7) is 0.237. The van der Waals surface area contributed by atoms with Crippen molar-refractivity contribution in [2.24, 2.45) is 0 Å². The molecule has 2 aromatic heterocycles. The second kappa shape index (κ2) is 7.27. The second-order valence-electron chi connectivity index (χ2n) is 5.48. The van der Waals surface area contributed by atoms with Crippen LogP contribution < -0.4 is 0 Å². The van der Waals surface area contributed by atoms with Gasteiger partial charge in [0.1, 0.15) is 6.54 Å². The molecule has 0 fully saturated rings. The van der Waals surface area contributed by atoms with E-state index < -0.39 is 0 Å². The third kappa shape index (κ3) is 3.63. The fraction of sp³-hybridized carbons (Fsp3) is 0.167. The van der Waals surface area contributed by atoms with E-state index in [1.54, 1.807) is 47.6 Å². The lowest BCUT2D eigenvalue weighted by atomic mass is 9.99. The first-order valence-electron chi connectivity index (χ1n) is 7.52. The minimum Gasteiger partial charge on any atom is -0.333 e. The zero-order valence-electron chi connectivity index (χ0n) is 13.2. The molecular weight excluding hydrogens is 324 g/mol. The molecule has 1 aromatic carbocycles. The van der Waals surface area contributed by atoms with Gasteiger partial charge in [-0.1, -0.05) is 29.8 Å². The van der Waals surface area contributed by atoms with E-state index in [9.17, 15) is 4.79 Å². The van der Waals surface area contributed by atoms with Gasteiger partial charge in [-0.15, -0.1) is 0 Å². The fourth-order valence-electron chi connectivity index (χ4n) is 2.61. The summed E-state index contributed by atoms with van der Waals surface area (Å²) in [7, 11) is 1.80. The highest BCUT2D eigenvalue weighted by molar-refractivity contribution is 6.30. The Morgan fingerprint density at radius 1 is 1.17 bits per heavy atom. The molecule has 0 aliphatic carbocycles. The number of hydrogen-bond acceptors (Lipinski definition) is 3. The molecule has 122 valence electrons. The molecule has 1 atom stereocenters. The summed E-state index contributed by atoms with van der Waals surface area (Å²) in [6, 6.07) is 11.1. The van der Waals surface area contributed by atoms with Crippen LogP contribution in [0.5, 0.6) is 0 Å². The first kappa shape index (κ1) is 16.2. The highest BCUT2D eigenvalue weighted by Crippen LogP contribution is 2.28. The first-order chi connectivity index (χ1) is 11.6. The number of pyridine rings is 1. The van der Waals surface area contributed by atoms with E-state index in [1.165, 1.54) is 0 Å². The number of carbonyl (C=O) groups is 1. The van der Waals surface area contributed by atoms with Gasteiger partial charge in [0.2, 0.25) is 5.91 Å². The number of amides is 1. The van der Waals surface area contributed by atoms with Gasteiger partial charge in [0.05, 0.1) is 12.4 Å². The zero-order chi connectivity index (χ0) is 16.9. The summed E-state index contributed by atoms with van der Waals surface area (Å²) >= 11 is 6.00. The third-order valence-corrected chi connectivity index (χ3v) is 4.10. The number of carbonyl (C=O) groups excluding carboxylic acids is 1. The molecule has 1 amide bonds. The van der Waals surface area contributed by atoms with Crippen molar-refractivity contribution in [3.63, 3.8) is 0 Å². The Labute approximate surface area is 145 Å². The number of aromatic nitrogens is 3. The van der Waals surface area contributed by atoms with Crippen LogP contribution in [0, 0.1) is 0 Å². The predicted octanol–water partition coefficient (Wildman–Crippen LogP) is 3.18. The zero-order valence-corrected chi connectivity index (χ0v) is 14.0. The maximum atomic E-state index is 12.7. The standard InChI is InChI=1S/C18H17ClN4O/c1-22(17(24)12-23-10-9-21-13-23)18(15-3-2-8-20-11-15)14-4-6-16(19)7-5-14/h2-11,13,18H,12H2,1H3. The molecule has 0 radical (unpaired) electrons. The lowest BCUT2D eigenvalue weighted by Gasteiger charge is -2.29. The molecule has 0 aliphatic rings. The molecule has 3 aromatic rings. The molecule has 3 rings (SSSR count). The van der Waals surface area contributed by atoms with Crippen LogP contribution in [0.15, 0.2) is 67.5 Å². The Morgan fingerprint density at radius 3 is 2.58 bits per heavy atom. The van der Waals surface area contributed by atoms with Crippen LogP contribution in [0.1, 0.15) is 17.2 Å². The Kier molecular flexibility index (Phi) is 4.91. The van der Waals surface area contributed by atoms with Crippen LogP contribution in [0.2, 0.25) is 5.02 Å². The maximum absolute atomic E-state index is 12.7. The number of imidazole rings is 1. The number of rotatable bonds is 5. The third-order valence-electron chi connectivity index (χ3n) is 3.84. The highest BCUT2D eigenvalue weighted by Gasteiger charge is 2.23. The summed E-state index contributed by atoms with van der Waals surface area (Å²) in [4.78, 5) is 22.6. The van der Waals surface area contributed by atoms with Gasteiger partial charge in [0.25, 0.3) is 0 Å².